The van der Waals surface area contributed by atoms with Gasteiger partial charge in [-0.15, -0.1) is 0 Å². The Labute approximate surface area is 178 Å². The van der Waals surface area contributed by atoms with Crippen LogP contribution in [0.15, 0.2) is 41.3 Å². The number of nitro benzene ring substituents is 1. The molecule has 166 valence electrons. The molecule has 0 aliphatic carbocycles. The summed E-state index contributed by atoms with van der Waals surface area (Å²) < 4.78 is 44.0. The lowest BCUT2D eigenvalue weighted by atomic mass is 10.1. The van der Waals surface area contributed by atoms with E-state index in [0.29, 0.717) is 18.8 Å². The first kappa shape index (κ1) is 22.6. The molecular weight excluding hydrogens is 429 g/mol. The van der Waals surface area contributed by atoms with Crippen LogP contribution in [-0.4, -0.2) is 50.8 Å². The Balaban J connectivity index is 1.85. The van der Waals surface area contributed by atoms with Crippen molar-refractivity contribution in [3.8, 4) is 0 Å². The van der Waals surface area contributed by atoms with Gasteiger partial charge >= 0.3 is 0 Å². The van der Waals surface area contributed by atoms with Crippen LogP contribution in [0.1, 0.15) is 24.2 Å². The van der Waals surface area contributed by atoms with E-state index in [1.807, 2.05) is 18.7 Å². The number of amides is 1. The number of hydrogen-bond donors (Lipinski definition) is 1. The lowest BCUT2D eigenvalue weighted by Crippen LogP contribution is -2.45. The second kappa shape index (κ2) is 8.60. The van der Waals surface area contributed by atoms with Gasteiger partial charge < -0.3 is 15.0 Å². The van der Waals surface area contributed by atoms with Gasteiger partial charge in [-0.05, 0) is 38.1 Å². The van der Waals surface area contributed by atoms with Gasteiger partial charge in [-0.2, -0.15) is 0 Å². The van der Waals surface area contributed by atoms with Crippen molar-refractivity contribution in [2.24, 2.45) is 0 Å². The summed E-state index contributed by atoms with van der Waals surface area (Å²) in [6.07, 6.45) is 0.774. The molecule has 1 N–H and O–H groups in total. The molecular formula is C20H22FN3O6S. The topological polar surface area (TPSA) is 119 Å². The first-order valence-corrected chi connectivity index (χ1v) is 11.3. The van der Waals surface area contributed by atoms with Crippen LogP contribution in [0.2, 0.25) is 0 Å². The van der Waals surface area contributed by atoms with E-state index in [2.05, 4.69) is 5.32 Å². The number of nitrogens with zero attached hydrogens (tertiary/aromatic N) is 2. The molecule has 31 heavy (non-hydrogen) atoms. The number of carbonyl (C=O) groups is 1. The first-order chi connectivity index (χ1) is 14.4. The molecule has 11 heteroatoms. The molecule has 1 heterocycles. The number of nitrogens with one attached hydrogen (secondary N) is 1. The van der Waals surface area contributed by atoms with E-state index >= 15 is 0 Å². The van der Waals surface area contributed by atoms with E-state index in [9.17, 15) is 27.7 Å². The molecule has 2 atom stereocenters. The number of halogens is 1. The average Bonchev–Trinajstić information content (AvgIpc) is 2.66. The van der Waals surface area contributed by atoms with E-state index < -0.39 is 32.2 Å². The van der Waals surface area contributed by atoms with E-state index in [1.165, 1.54) is 12.1 Å². The largest absolute Gasteiger partial charge is 0.372 e. The van der Waals surface area contributed by atoms with Crippen molar-refractivity contribution < 1.29 is 27.3 Å². The van der Waals surface area contributed by atoms with Crippen molar-refractivity contribution >= 4 is 32.8 Å². The summed E-state index contributed by atoms with van der Waals surface area (Å²) in [4.78, 5) is 24.4. The summed E-state index contributed by atoms with van der Waals surface area (Å²) in [5.74, 6) is -1.34. The lowest BCUT2D eigenvalue weighted by molar-refractivity contribution is -0.385. The van der Waals surface area contributed by atoms with E-state index in [0.717, 1.165) is 30.5 Å². The van der Waals surface area contributed by atoms with E-state index in [4.69, 9.17) is 4.74 Å². The quantitative estimate of drug-likeness (QED) is 0.548. The highest BCUT2D eigenvalue weighted by Crippen LogP contribution is 2.27. The van der Waals surface area contributed by atoms with Crippen LogP contribution < -0.4 is 10.2 Å². The molecule has 0 radical (unpaired) electrons. The minimum Gasteiger partial charge on any atom is -0.372 e. The molecule has 2 unspecified atom stereocenters. The number of morpholine rings is 1. The standard InChI is InChI=1S/C20H22FN3O6S/c1-12-10-23(11-13(2)30-12)19-5-4-15(8-18(19)21)22-20(25)14-6-16(24(26)27)9-17(7-14)31(3,28)29/h4-9,12-13H,10-11H2,1-3H3,(H,22,25). The predicted octanol–water partition coefficient (Wildman–Crippen LogP) is 3.00. The molecule has 0 aromatic heterocycles. The van der Waals surface area contributed by atoms with Crippen molar-refractivity contribution in [2.45, 2.75) is 31.0 Å². The van der Waals surface area contributed by atoms with Crippen LogP contribution in [-0.2, 0) is 14.6 Å². The van der Waals surface area contributed by atoms with Crippen LogP contribution in [0.3, 0.4) is 0 Å². The minimum absolute atomic E-state index is 0.0551. The molecule has 1 fully saturated rings. The van der Waals surface area contributed by atoms with Crippen LogP contribution >= 0.6 is 0 Å². The number of carbonyl (C=O) groups excluding carboxylic acids is 1. The third kappa shape index (κ3) is 5.36. The molecule has 2 aromatic rings. The van der Waals surface area contributed by atoms with Gasteiger partial charge in [0.2, 0.25) is 0 Å². The fraction of sp³-hybridized carbons (Fsp3) is 0.350. The maximum Gasteiger partial charge on any atom is 0.271 e. The maximum absolute atomic E-state index is 14.7. The monoisotopic (exact) mass is 451 g/mol. The van der Waals surface area contributed by atoms with Crippen LogP contribution in [0.25, 0.3) is 0 Å². The number of ether oxygens (including phenoxy) is 1. The highest BCUT2D eigenvalue weighted by molar-refractivity contribution is 7.90. The molecule has 0 saturated carbocycles. The second-order valence-electron chi connectivity index (χ2n) is 7.53. The number of benzene rings is 2. The van der Waals surface area contributed by atoms with Crippen molar-refractivity contribution in [1.29, 1.82) is 0 Å². The number of hydrogen-bond acceptors (Lipinski definition) is 7. The molecule has 9 nitrogen and oxygen atoms in total. The normalized spacial score (nSPS) is 19.2. The Morgan fingerprint density at radius 2 is 1.84 bits per heavy atom. The molecule has 1 aliphatic heterocycles. The van der Waals surface area contributed by atoms with Crippen LogP contribution in [0.4, 0.5) is 21.5 Å². The van der Waals surface area contributed by atoms with Gasteiger partial charge in [0.05, 0.1) is 27.7 Å². The molecule has 2 aromatic carbocycles. The Hall–Kier alpha value is -3.05. The summed E-state index contributed by atoms with van der Waals surface area (Å²) in [6.45, 7) is 4.85. The fourth-order valence-electron chi connectivity index (χ4n) is 3.45. The Bertz CT molecular complexity index is 1130. The number of non-ortho nitro benzene ring substituents is 1. The number of anilines is 2. The minimum atomic E-state index is -3.78. The Morgan fingerprint density at radius 1 is 1.19 bits per heavy atom. The highest BCUT2D eigenvalue weighted by Gasteiger charge is 2.25. The Morgan fingerprint density at radius 3 is 2.39 bits per heavy atom. The third-order valence-electron chi connectivity index (χ3n) is 4.76. The van der Waals surface area contributed by atoms with Crippen molar-refractivity contribution in [3.05, 3.63) is 57.9 Å². The summed E-state index contributed by atoms with van der Waals surface area (Å²) in [6, 6.07) is 7.07. The second-order valence-corrected chi connectivity index (χ2v) is 9.54. The van der Waals surface area contributed by atoms with Gasteiger partial charge in [0, 0.05) is 42.7 Å². The van der Waals surface area contributed by atoms with Crippen LogP contribution in [0.5, 0.6) is 0 Å². The summed E-state index contributed by atoms with van der Waals surface area (Å²) in [7, 11) is -3.78. The molecule has 0 bridgehead atoms. The number of rotatable bonds is 5. The highest BCUT2D eigenvalue weighted by atomic mass is 32.2. The molecule has 3 rings (SSSR count). The first-order valence-electron chi connectivity index (χ1n) is 9.45. The SMILES string of the molecule is CC1CN(c2ccc(NC(=O)c3cc([N+](=O)[O-])cc(S(C)(=O)=O)c3)cc2F)CC(C)O1. The maximum atomic E-state index is 14.7. The van der Waals surface area contributed by atoms with Crippen molar-refractivity contribution in [2.75, 3.05) is 29.6 Å². The third-order valence-corrected chi connectivity index (χ3v) is 5.85. The van der Waals surface area contributed by atoms with Crippen LogP contribution in [0, 0.1) is 15.9 Å². The van der Waals surface area contributed by atoms with Gasteiger partial charge in [0.25, 0.3) is 11.6 Å². The smallest absolute Gasteiger partial charge is 0.271 e. The fourth-order valence-corrected chi connectivity index (χ4v) is 4.13. The van der Waals surface area contributed by atoms with E-state index in [1.54, 1.807) is 0 Å². The summed E-state index contributed by atoms with van der Waals surface area (Å²) >= 11 is 0. The van der Waals surface area contributed by atoms with Crippen molar-refractivity contribution in [3.63, 3.8) is 0 Å². The summed E-state index contributed by atoms with van der Waals surface area (Å²) in [5, 5.41) is 13.6. The van der Waals surface area contributed by atoms with Gasteiger partial charge in [-0.1, -0.05) is 0 Å². The summed E-state index contributed by atoms with van der Waals surface area (Å²) in [5.41, 5.74) is -0.261. The van der Waals surface area contributed by atoms with Gasteiger partial charge in [-0.25, -0.2) is 12.8 Å². The predicted molar refractivity (Wildman–Crippen MR) is 113 cm³/mol. The molecule has 0 spiro atoms. The Kier molecular flexibility index (Phi) is 6.27. The molecule has 1 amide bonds. The van der Waals surface area contributed by atoms with Gasteiger partial charge in [0.15, 0.2) is 9.84 Å². The van der Waals surface area contributed by atoms with Gasteiger partial charge in [0.1, 0.15) is 5.82 Å². The van der Waals surface area contributed by atoms with Crippen molar-refractivity contribution in [1.82, 2.24) is 0 Å². The average molecular weight is 451 g/mol. The zero-order valence-corrected chi connectivity index (χ0v) is 18.0. The number of sulfone groups is 1. The molecule has 1 aliphatic rings. The zero-order valence-electron chi connectivity index (χ0n) is 17.2. The zero-order chi connectivity index (χ0) is 22.9. The lowest BCUT2D eigenvalue weighted by Gasteiger charge is -2.37. The molecule has 1 saturated heterocycles. The number of nitro groups is 1. The van der Waals surface area contributed by atoms with E-state index in [-0.39, 0.29) is 28.4 Å². The van der Waals surface area contributed by atoms with Gasteiger partial charge in [-0.3, -0.25) is 14.9 Å².